The van der Waals surface area contributed by atoms with Gasteiger partial charge in [-0.25, -0.2) is 0 Å². The lowest BCUT2D eigenvalue weighted by molar-refractivity contribution is 0.0903. The second-order valence-electron chi connectivity index (χ2n) is 5.03. The van der Waals surface area contributed by atoms with Crippen molar-refractivity contribution in [2.45, 2.75) is 38.5 Å². The molecule has 106 valence electrons. The maximum atomic E-state index is 5.40. The van der Waals surface area contributed by atoms with Crippen LogP contribution in [-0.4, -0.2) is 17.3 Å². The highest BCUT2D eigenvalue weighted by Crippen LogP contribution is 2.26. The van der Waals surface area contributed by atoms with Crippen molar-refractivity contribution in [1.82, 2.24) is 15.5 Å². The summed E-state index contributed by atoms with van der Waals surface area (Å²) in [5, 5.41) is 7.48. The summed E-state index contributed by atoms with van der Waals surface area (Å²) >= 11 is 0. The van der Waals surface area contributed by atoms with Crippen molar-refractivity contribution < 1.29 is 9.26 Å². The summed E-state index contributed by atoms with van der Waals surface area (Å²) in [6, 6.07) is 8.52. The minimum absolute atomic E-state index is 0.0838. The van der Waals surface area contributed by atoms with Crippen molar-refractivity contribution in [1.29, 1.82) is 0 Å². The Labute approximate surface area is 118 Å². The van der Waals surface area contributed by atoms with E-state index in [-0.39, 0.29) is 12.1 Å². The second-order valence-corrected chi connectivity index (χ2v) is 5.03. The molecule has 0 aliphatic carbocycles. The SMILES string of the molecule is CCC(OC)c1noc(C2Cc3ccccc3CN2)n1. The molecule has 1 aromatic heterocycles. The summed E-state index contributed by atoms with van der Waals surface area (Å²) in [5.74, 6) is 1.27. The Kier molecular flexibility index (Phi) is 3.80. The molecule has 2 unspecified atom stereocenters. The molecule has 20 heavy (non-hydrogen) atoms. The maximum Gasteiger partial charge on any atom is 0.244 e. The number of rotatable bonds is 4. The first kappa shape index (κ1) is 13.3. The first-order valence-corrected chi connectivity index (χ1v) is 6.98. The molecule has 0 bridgehead atoms. The molecule has 5 heteroatoms. The van der Waals surface area contributed by atoms with Crippen LogP contribution >= 0.6 is 0 Å². The van der Waals surface area contributed by atoms with Gasteiger partial charge in [-0.05, 0) is 24.0 Å². The van der Waals surface area contributed by atoms with E-state index in [9.17, 15) is 0 Å². The molecule has 0 saturated heterocycles. The molecule has 2 aromatic rings. The average molecular weight is 273 g/mol. The van der Waals surface area contributed by atoms with Crippen LogP contribution < -0.4 is 5.32 Å². The number of ether oxygens (including phenoxy) is 1. The predicted octanol–water partition coefficient (Wildman–Crippen LogP) is 2.55. The van der Waals surface area contributed by atoms with Gasteiger partial charge in [0.15, 0.2) is 0 Å². The van der Waals surface area contributed by atoms with E-state index in [0.29, 0.717) is 11.7 Å². The summed E-state index contributed by atoms with van der Waals surface area (Å²) in [7, 11) is 1.67. The van der Waals surface area contributed by atoms with Crippen LogP contribution in [0.4, 0.5) is 0 Å². The number of fused-ring (bicyclic) bond motifs is 1. The second kappa shape index (κ2) is 5.73. The third kappa shape index (κ3) is 2.46. The predicted molar refractivity (Wildman–Crippen MR) is 74.1 cm³/mol. The fourth-order valence-corrected chi connectivity index (χ4v) is 2.60. The highest BCUT2D eigenvalue weighted by atomic mass is 16.5. The van der Waals surface area contributed by atoms with Gasteiger partial charge in [-0.2, -0.15) is 4.98 Å². The largest absolute Gasteiger partial charge is 0.373 e. The van der Waals surface area contributed by atoms with Crippen LogP contribution in [0.2, 0.25) is 0 Å². The van der Waals surface area contributed by atoms with Gasteiger partial charge in [-0.3, -0.25) is 0 Å². The van der Waals surface area contributed by atoms with E-state index in [1.807, 2.05) is 6.92 Å². The smallest absolute Gasteiger partial charge is 0.244 e. The Bertz CT molecular complexity index is 578. The van der Waals surface area contributed by atoms with Gasteiger partial charge < -0.3 is 14.6 Å². The van der Waals surface area contributed by atoms with Gasteiger partial charge in [0.1, 0.15) is 6.10 Å². The number of hydrogen-bond donors (Lipinski definition) is 1. The quantitative estimate of drug-likeness (QED) is 0.927. The molecular weight excluding hydrogens is 254 g/mol. The lowest BCUT2D eigenvalue weighted by atomic mass is 9.96. The lowest BCUT2D eigenvalue weighted by Crippen LogP contribution is -2.28. The van der Waals surface area contributed by atoms with E-state index < -0.39 is 0 Å². The zero-order chi connectivity index (χ0) is 13.9. The third-order valence-electron chi connectivity index (χ3n) is 3.78. The lowest BCUT2D eigenvalue weighted by Gasteiger charge is -2.23. The summed E-state index contributed by atoms with van der Waals surface area (Å²) < 4.78 is 10.7. The molecule has 0 saturated carbocycles. The molecule has 1 aromatic carbocycles. The Morgan fingerprint density at radius 3 is 2.95 bits per heavy atom. The van der Waals surface area contributed by atoms with E-state index in [2.05, 4.69) is 39.7 Å². The third-order valence-corrected chi connectivity index (χ3v) is 3.78. The van der Waals surface area contributed by atoms with Crippen molar-refractivity contribution in [2.75, 3.05) is 7.11 Å². The van der Waals surface area contributed by atoms with Crippen molar-refractivity contribution in [2.24, 2.45) is 0 Å². The Hall–Kier alpha value is -1.72. The molecule has 2 heterocycles. The first-order valence-electron chi connectivity index (χ1n) is 6.98. The van der Waals surface area contributed by atoms with Crippen LogP contribution in [-0.2, 0) is 17.7 Å². The molecule has 1 aliphatic heterocycles. The van der Waals surface area contributed by atoms with Gasteiger partial charge in [0.05, 0.1) is 6.04 Å². The maximum absolute atomic E-state index is 5.40. The van der Waals surface area contributed by atoms with Crippen LogP contribution in [0.3, 0.4) is 0 Å². The minimum atomic E-state index is -0.0941. The normalized spacial score (nSPS) is 19.6. The zero-order valence-corrected chi connectivity index (χ0v) is 11.8. The molecule has 0 amide bonds. The van der Waals surface area contributed by atoms with Crippen molar-refractivity contribution in [3.05, 3.63) is 47.1 Å². The number of hydrogen-bond acceptors (Lipinski definition) is 5. The van der Waals surface area contributed by atoms with Crippen LogP contribution in [0.15, 0.2) is 28.8 Å². The summed E-state index contributed by atoms with van der Waals surface area (Å²) in [6.07, 6.45) is 1.61. The standard InChI is InChI=1S/C15H19N3O2/c1-3-13(19-2)14-17-15(20-18-14)12-8-10-6-4-5-7-11(10)9-16-12/h4-7,12-13,16H,3,8-9H2,1-2H3. The summed E-state index contributed by atoms with van der Waals surface area (Å²) in [4.78, 5) is 4.48. The first-order chi connectivity index (χ1) is 9.81. The molecular formula is C15H19N3O2. The van der Waals surface area contributed by atoms with E-state index in [4.69, 9.17) is 9.26 Å². The van der Waals surface area contributed by atoms with Crippen molar-refractivity contribution in [3.8, 4) is 0 Å². The number of benzene rings is 1. The minimum Gasteiger partial charge on any atom is -0.373 e. The van der Waals surface area contributed by atoms with E-state index in [1.165, 1.54) is 11.1 Å². The molecule has 5 nitrogen and oxygen atoms in total. The molecule has 0 fully saturated rings. The highest BCUT2D eigenvalue weighted by molar-refractivity contribution is 5.30. The van der Waals surface area contributed by atoms with Crippen LogP contribution in [0.1, 0.15) is 48.3 Å². The van der Waals surface area contributed by atoms with Crippen LogP contribution in [0.25, 0.3) is 0 Å². The van der Waals surface area contributed by atoms with Gasteiger partial charge in [-0.15, -0.1) is 0 Å². The zero-order valence-electron chi connectivity index (χ0n) is 11.8. The number of nitrogens with one attached hydrogen (secondary N) is 1. The van der Waals surface area contributed by atoms with Gasteiger partial charge in [-0.1, -0.05) is 36.3 Å². The Morgan fingerprint density at radius 1 is 1.40 bits per heavy atom. The molecule has 0 spiro atoms. The molecule has 1 aliphatic rings. The van der Waals surface area contributed by atoms with E-state index in [0.717, 1.165) is 19.4 Å². The number of methoxy groups -OCH3 is 1. The van der Waals surface area contributed by atoms with Crippen LogP contribution in [0, 0.1) is 0 Å². The van der Waals surface area contributed by atoms with Crippen LogP contribution in [0.5, 0.6) is 0 Å². The fourth-order valence-electron chi connectivity index (χ4n) is 2.60. The number of aromatic nitrogens is 2. The van der Waals surface area contributed by atoms with Gasteiger partial charge >= 0.3 is 0 Å². The summed E-state index contributed by atoms with van der Waals surface area (Å²) in [5.41, 5.74) is 2.68. The molecule has 0 radical (unpaired) electrons. The van der Waals surface area contributed by atoms with E-state index in [1.54, 1.807) is 7.11 Å². The van der Waals surface area contributed by atoms with Gasteiger partial charge in [0.25, 0.3) is 0 Å². The average Bonchev–Trinajstić information content (AvgIpc) is 2.98. The molecule has 2 atom stereocenters. The summed E-state index contributed by atoms with van der Waals surface area (Å²) in [6.45, 7) is 2.87. The Morgan fingerprint density at radius 2 is 2.20 bits per heavy atom. The molecule has 1 N–H and O–H groups in total. The Balaban J connectivity index is 1.78. The topological polar surface area (TPSA) is 60.2 Å². The van der Waals surface area contributed by atoms with Gasteiger partial charge in [0, 0.05) is 13.7 Å². The highest BCUT2D eigenvalue weighted by Gasteiger charge is 2.25. The van der Waals surface area contributed by atoms with Gasteiger partial charge in [0.2, 0.25) is 11.7 Å². The van der Waals surface area contributed by atoms with E-state index >= 15 is 0 Å². The number of nitrogens with zero attached hydrogens (tertiary/aromatic N) is 2. The van der Waals surface area contributed by atoms with Crippen molar-refractivity contribution >= 4 is 0 Å². The monoisotopic (exact) mass is 273 g/mol. The fraction of sp³-hybridized carbons (Fsp3) is 0.467. The van der Waals surface area contributed by atoms with Crippen molar-refractivity contribution in [3.63, 3.8) is 0 Å². The molecule has 3 rings (SSSR count).